The van der Waals surface area contributed by atoms with Crippen molar-refractivity contribution in [3.8, 4) is 5.75 Å². The fraction of sp³-hybridized carbons (Fsp3) is 0.409. The van der Waals surface area contributed by atoms with Crippen molar-refractivity contribution in [2.75, 3.05) is 24.6 Å². The molecule has 0 radical (unpaired) electrons. The average Bonchev–Trinajstić information content (AvgIpc) is 2.67. The molecule has 3 rings (SSSR count). The highest BCUT2D eigenvalue weighted by atomic mass is 19.1. The van der Waals surface area contributed by atoms with Gasteiger partial charge in [0.05, 0.1) is 6.04 Å². The number of anilines is 1. The number of piperidine rings is 1. The predicted molar refractivity (Wildman–Crippen MR) is 106 cm³/mol. The van der Waals surface area contributed by atoms with Crippen LogP contribution in [0.1, 0.15) is 38.3 Å². The van der Waals surface area contributed by atoms with Gasteiger partial charge in [-0.3, -0.25) is 4.79 Å². The number of hydrogen-bond donors (Lipinski definition) is 1. The Bertz CT molecular complexity index is 763. The second-order valence-electron chi connectivity index (χ2n) is 7.29. The van der Waals surface area contributed by atoms with Crippen LogP contribution in [0.15, 0.2) is 48.5 Å². The van der Waals surface area contributed by atoms with Gasteiger partial charge in [0.15, 0.2) is 18.2 Å². The van der Waals surface area contributed by atoms with Crippen LogP contribution in [0.25, 0.3) is 0 Å². The molecule has 1 N–H and O–H groups in total. The zero-order chi connectivity index (χ0) is 19.2. The van der Waals surface area contributed by atoms with Gasteiger partial charge in [0.2, 0.25) is 0 Å². The zero-order valence-corrected chi connectivity index (χ0v) is 16.0. The third-order valence-electron chi connectivity index (χ3n) is 4.99. The molecule has 1 heterocycles. The topological polar surface area (TPSA) is 41.6 Å². The van der Waals surface area contributed by atoms with Crippen LogP contribution in [0, 0.1) is 11.7 Å². The van der Waals surface area contributed by atoms with Gasteiger partial charge in [0, 0.05) is 18.8 Å². The van der Waals surface area contributed by atoms with Crippen LogP contribution in [0.2, 0.25) is 0 Å². The first-order chi connectivity index (χ1) is 13.0. The second-order valence-corrected chi connectivity index (χ2v) is 7.29. The number of carbonyl (C=O) groups excluding carboxylic acids is 1. The van der Waals surface area contributed by atoms with Crippen LogP contribution in [0.3, 0.4) is 0 Å². The molecule has 144 valence electrons. The van der Waals surface area contributed by atoms with Crippen molar-refractivity contribution in [3.05, 3.63) is 59.9 Å². The maximum absolute atomic E-state index is 13.5. The monoisotopic (exact) mass is 370 g/mol. The SMILES string of the molecule is C[C@H]1CCCN(c2ccc([C@@H](C)NC(=O)COc3ccccc3F)cc2)C1. The molecule has 0 spiro atoms. The summed E-state index contributed by atoms with van der Waals surface area (Å²) in [6.45, 7) is 6.21. The standard InChI is InChI=1S/C22H27FN2O2/c1-16-6-5-13-25(14-16)19-11-9-18(10-12-19)17(2)24-22(26)15-27-21-8-4-3-7-20(21)23/h3-4,7-12,16-17H,5-6,13-15H2,1-2H3,(H,24,26)/t16-,17+/m0/s1. The Labute approximate surface area is 160 Å². The number of benzene rings is 2. The highest BCUT2D eigenvalue weighted by Gasteiger charge is 2.17. The van der Waals surface area contributed by atoms with Crippen LogP contribution >= 0.6 is 0 Å². The number of nitrogens with one attached hydrogen (secondary N) is 1. The lowest BCUT2D eigenvalue weighted by atomic mass is 9.99. The zero-order valence-electron chi connectivity index (χ0n) is 16.0. The maximum atomic E-state index is 13.5. The Balaban J connectivity index is 1.52. The average molecular weight is 370 g/mol. The van der Waals surface area contributed by atoms with Gasteiger partial charge >= 0.3 is 0 Å². The minimum absolute atomic E-state index is 0.0837. The summed E-state index contributed by atoms with van der Waals surface area (Å²) in [6.07, 6.45) is 2.53. The van der Waals surface area contributed by atoms with Crippen LogP contribution < -0.4 is 15.0 Å². The van der Waals surface area contributed by atoms with E-state index < -0.39 is 5.82 Å². The lowest BCUT2D eigenvalue weighted by Gasteiger charge is -2.33. The molecule has 1 fully saturated rings. The van der Waals surface area contributed by atoms with Gasteiger partial charge in [-0.15, -0.1) is 0 Å². The lowest BCUT2D eigenvalue weighted by molar-refractivity contribution is -0.123. The summed E-state index contributed by atoms with van der Waals surface area (Å²) in [4.78, 5) is 14.5. The summed E-state index contributed by atoms with van der Waals surface area (Å²) in [5, 5.41) is 2.89. The number of halogens is 1. The van der Waals surface area contributed by atoms with E-state index in [9.17, 15) is 9.18 Å². The number of carbonyl (C=O) groups is 1. The predicted octanol–water partition coefficient (Wildman–Crippen LogP) is 4.32. The number of ether oxygens (including phenoxy) is 1. The molecule has 1 aliphatic heterocycles. The molecule has 4 nitrogen and oxygen atoms in total. The van der Waals surface area contributed by atoms with E-state index in [1.807, 2.05) is 6.92 Å². The highest BCUT2D eigenvalue weighted by molar-refractivity contribution is 5.78. The smallest absolute Gasteiger partial charge is 0.258 e. The van der Waals surface area contributed by atoms with Gasteiger partial charge in [-0.1, -0.05) is 31.2 Å². The number of para-hydroxylation sites is 1. The van der Waals surface area contributed by atoms with Crippen molar-refractivity contribution in [1.29, 1.82) is 0 Å². The number of rotatable bonds is 6. The number of hydrogen-bond acceptors (Lipinski definition) is 3. The Morgan fingerprint density at radius 1 is 1.26 bits per heavy atom. The number of nitrogens with zero attached hydrogens (tertiary/aromatic N) is 1. The minimum Gasteiger partial charge on any atom is -0.481 e. The molecule has 0 aromatic heterocycles. The van der Waals surface area contributed by atoms with E-state index >= 15 is 0 Å². The molecule has 2 aromatic rings. The normalized spacial score (nSPS) is 18.0. The molecule has 1 amide bonds. The van der Waals surface area contributed by atoms with Crippen molar-refractivity contribution in [3.63, 3.8) is 0 Å². The quantitative estimate of drug-likeness (QED) is 0.823. The van der Waals surface area contributed by atoms with Crippen molar-refractivity contribution in [2.45, 2.75) is 32.7 Å². The van der Waals surface area contributed by atoms with E-state index in [4.69, 9.17) is 4.74 Å². The first kappa shape index (κ1) is 19.2. The van der Waals surface area contributed by atoms with E-state index in [1.54, 1.807) is 12.1 Å². The second kappa shape index (κ2) is 8.89. The number of amides is 1. The van der Waals surface area contributed by atoms with Crippen molar-refractivity contribution >= 4 is 11.6 Å². The first-order valence-electron chi connectivity index (χ1n) is 9.54. The van der Waals surface area contributed by atoms with E-state index in [-0.39, 0.29) is 24.3 Å². The van der Waals surface area contributed by atoms with Crippen molar-refractivity contribution < 1.29 is 13.9 Å². The Kier molecular flexibility index (Phi) is 6.32. The fourth-order valence-electron chi connectivity index (χ4n) is 3.47. The summed E-state index contributed by atoms with van der Waals surface area (Å²) in [7, 11) is 0. The Hall–Kier alpha value is -2.56. The van der Waals surface area contributed by atoms with Gasteiger partial charge in [0.25, 0.3) is 5.91 Å². The molecule has 2 atom stereocenters. The maximum Gasteiger partial charge on any atom is 0.258 e. The Morgan fingerprint density at radius 3 is 2.70 bits per heavy atom. The van der Waals surface area contributed by atoms with Crippen LogP contribution in [0.5, 0.6) is 5.75 Å². The molecular formula is C22H27FN2O2. The minimum atomic E-state index is -0.471. The van der Waals surface area contributed by atoms with Gasteiger partial charge in [-0.25, -0.2) is 4.39 Å². The molecule has 1 aliphatic rings. The Morgan fingerprint density at radius 2 is 2.00 bits per heavy atom. The summed E-state index contributed by atoms with van der Waals surface area (Å²) < 4.78 is 18.8. The molecule has 0 aliphatic carbocycles. The molecule has 0 saturated carbocycles. The van der Waals surface area contributed by atoms with Crippen molar-refractivity contribution in [2.24, 2.45) is 5.92 Å². The van der Waals surface area contributed by atoms with Crippen LogP contribution in [-0.2, 0) is 4.79 Å². The fourth-order valence-corrected chi connectivity index (χ4v) is 3.47. The molecule has 2 aromatic carbocycles. The van der Waals surface area contributed by atoms with Gasteiger partial charge < -0.3 is 15.0 Å². The third kappa shape index (κ3) is 5.22. The van der Waals surface area contributed by atoms with E-state index in [1.165, 1.54) is 30.7 Å². The van der Waals surface area contributed by atoms with E-state index in [2.05, 4.69) is 41.4 Å². The molecular weight excluding hydrogens is 343 g/mol. The summed E-state index contributed by atoms with van der Waals surface area (Å²) in [5.41, 5.74) is 2.26. The van der Waals surface area contributed by atoms with E-state index in [0.717, 1.165) is 24.6 Å². The summed E-state index contributed by atoms with van der Waals surface area (Å²) in [6, 6.07) is 14.3. The first-order valence-corrected chi connectivity index (χ1v) is 9.54. The van der Waals surface area contributed by atoms with Crippen LogP contribution in [0.4, 0.5) is 10.1 Å². The molecule has 1 saturated heterocycles. The molecule has 27 heavy (non-hydrogen) atoms. The van der Waals surface area contributed by atoms with Crippen LogP contribution in [-0.4, -0.2) is 25.6 Å². The summed E-state index contributed by atoms with van der Waals surface area (Å²) >= 11 is 0. The van der Waals surface area contributed by atoms with Gasteiger partial charge in [-0.05, 0) is 55.5 Å². The molecule has 5 heteroatoms. The molecule has 0 bridgehead atoms. The largest absolute Gasteiger partial charge is 0.481 e. The van der Waals surface area contributed by atoms with Crippen molar-refractivity contribution in [1.82, 2.24) is 5.32 Å². The van der Waals surface area contributed by atoms with Gasteiger partial charge in [-0.2, -0.15) is 0 Å². The van der Waals surface area contributed by atoms with Gasteiger partial charge in [0.1, 0.15) is 0 Å². The van der Waals surface area contributed by atoms with E-state index in [0.29, 0.717) is 0 Å². The highest BCUT2D eigenvalue weighted by Crippen LogP contribution is 2.24. The molecule has 0 unspecified atom stereocenters. The summed E-state index contributed by atoms with van der Waals surface area (Å²) in [5.74, 6) is 0.0622. The lowest BCUT2D eigenvalue weighted by Crippen LogP contribution is -2.34. The third-order valence-corrected chi connectivity index (χ3v) is 4.99.